The zero-order chi connectivity index (χ0) is 22.4. The van der Waals surface area contributed by atoms with E-state index in [1.807, 2.05) is 6.07 Å². The number of carboxylic acid groups (broad SMARTS) is 1. The van der Waals surface area contributed by atoms with E-state index in [1.54, 1.807) is 42.6 Å². The van der Waals surface area contributed by atoms with E-state index in [-0.39, 0.29) is 31.0 Å². The maximum atomic E-state index is 13.0. The molecule has 0 saturated carbocycles. The van der Waals surface area contributed by atoms with Crippen molar-refractivity contribution in [2.24, 2.45) is 10.9 Å². The molecule has 9 heteroatoms. The summed E-state index contributed by atoms with van der Waals surface area (Å²) in [5.74, 6) is 3.80. The van der Waals surface area contributed by atoms with Gasteiger partial charge in [0.15, 0.2) is 0 Å². The highest BCUT2D eigenvalue weighted by molar-refractivity contribution is 6.09. The van der Waals surface area contributed by atoms with Gasteiger partial charge in [0, 0.05) is 17.5 Å². The fourth-order valence-electron chi connectivity index (χ4n) is 3.02. The Morgan fingerprint density at radius 3 is 2.77 bits per heavy atom. The molecule has 0 aliphatic rings. The first kappa shape index (κ1) is 21.4. The van der Waals surface area contributed by atoms with Crippen molar-refractivity contribution in [2.45, 2.75) is 13.0 Å². The summed E-state index contributed by atoms with van der Waals surface area (Å²) >= 11 is 0. The topological polar surface area (TPSA) is 140 Å². The van der Waals surface area contributed by atoms with Crippen molar-refractivity contribution in [1.82, 2.24) is 15.1 Å². The molecule has 0 spiro atoms. The van der Waals surface area contributed by atoms with Crippen LogP contribution in [0, 0.1) is 0 Å². The van der Waals surface area contributed by atoms with Gasteiger partial charge in [-0.2, -0.15) is 10.2 Å². The number of hydrogen-bond acceptors (Lipinski definition) is 6. The lowest BCUT2D eigenvalue weighted by atomic mass is 10.0. The van der Waals surface area contributed by atoms with Crippen LogP contribution in [-0.2, 0) is 11.3 Å². The van der Waals surface area contributed by atoms with E-state index in [9.17, 15) is 14.4 Å². The van der Waals surface area contributed by atoms with Crippen molar-refractivity contribution in [3.8, 4) is 0 Å². The number of carboxylic acids is 1. The molecule has 1 heterocycles. The van der Waals surface area contributed by atoms with Gasteiger partial charge in [0.05, 0.1) is 30.8 Å². The highest BCUT2D eigenvalue weighted by Gasteiger charge is 2.10. The Morgan fingerprint density at radius 1 is 1.23 bits per heavy atom. The van der Waals surface area contributed by atoms with Gasteiger partial charge in [0.25, 0.3) is 11.5 Å². The second kappa shape index (κ2) is 9.49. The fraction of sp³-hybridized carbons (Fsp3) is 0.136. The van der Waals surface area contributed by atoms with Gasteiger partial charge < -0.3 is 16.3 Å². The van der Waals surface area contributed by atoms with E-state index >= 15 is 0 Å². The number of carbonyl (C=O) groups excluding carboxylic acids is 1. The molecule has 0 saturated heterocycles. The highest BCUT2D eigenvalue weighted by atomic mass is 16.4. The van der Waals surface area contributed by atoms with Crippen LogP contribution in [0.15, 0.2) is 65.1 Å². The van der Waals surface area contributed by atoms with Gasteiger partial charge in [-0.3, -0.25) is 14.4 Å². The molecule has 9 nitrogen and oxygen atoms in total. The summed E-state index contributed by atoms with van der Waals surface area (Å²) in [6, 6.07) is 12.0. The van der Waals surface area contributed by atoms with Crippen molar-refractivity contribution in [1.29, 1.82) is 0 Å². The first-order valence-electron chi connectivity index (χ1n) is 9.40. The van der Waals surface area contributed by atoms with Crippen molar-refractivity contribution >= 4 is 34.4 Å². The largest absolute Gasteiger partial charge is 0.481 e. The molecule has 3 rings (SSSR count). The van der Waals surface area contributed by atoms with E-state index in [4.69, 9.17) is 10.9 Å². The number of nitrogens with one attached hydrogen (secondary N) is 1. The molecule has 0 unspecified atom stereocenters. The van der Waals surface area contributed by atoms with Gasteiger partial charge in [-0.15, -0.1) is 0 Å². The lowest BCUT2D eigenvalue weighted by Gasteiger charge is -2.09. The zero-order valence-electron chi connectivity index (χ0n) is 16.6. The third-order valence-corrected chi connectivity index (χ3v) is 4.60. The third-order valence-electron chi connectivity index (χ3n) is 4.60. The van der Waals surface area contributed by atoms with Crippen LogP contribution in [-0.4, -0.2) is 39.5 Å². The van der Waals surface area contributed by atoms with Gasteiger partial charge in [0.2, 0.25) is 0 Å². The molecule has 1 amide bonds. The molecule has 4 N–H and O–H groups in total. The number of hydrogen-bond donors (Lipinski definition) is 3. The number of amides is 1. The van der Waals surface area contributed by atoms with Crippen LogP contribution in [0.2, 0.25) is 0 Å². The van der Waals surface area contributed by atoms with E-state index in [1.165, 1.54) is 10.9 Å². The Bertz CT molecular complexity index is 1250. The minimum atomic E-state index is -0.988. The Balaban J connectivity index is 1.85. The summed E-state index contributed by atoms with van der Waals surface area (Å²) in [7, 11) is 0. The average molecular weight is 419 g/mol. The van der Waals surface area contributed by atoms with E-state index in [0.717, 1.165) is 5.56 Å². The summed E-state index contributed by atoms with van der Waals surface area (Å²) in [4.78, 5) is 35.8. The predicted octanol–water partition coefficient (Wildman–Crippen LogP) is 1.61. The fourth-order valence-corrected chi connectivity index (χ4v) is 3.02. The van der Waals surface area contributed by atoms with Crippen LogP contribution in [0.25, 0.3) is 16.3 Å². The van der Waals surface area contributed by atoms with Crippen molar-refractivity contribution in [3.05, 3.63) is 82.3 Å². The quantitative estimate of drug-likeness (QED) is 0.288. The van der Waals surface area contributed by atoms with E-state index in [2.05, 4.69) is 22.1 Å². The number of hydrazone groups is 1. The van der Waals surface area contributed by atoms with E-state index in [0.29, 0.717) is 27.5 Å². The monoisotopic (exact) mass is 419 g/mol. The minimum absolute atomic E-state index is 0.0343. The summed E-state index contributed by atoms with van der Waals surface area (Å²) in [5, 5.41) is 20.1. The van der Waals surface area contributed by atoms with Crippen LogP contribution in [0.5, 0.6) is 0 Å². The SMILES string of the molecule is C=C(/C=N\N)c1ccc2cnn(Cc3cccc(C(=O)NCCC(=O)O)c3)c(=O)c2c1. The Morgan fingerprint density at radius 2 is 2.03 bits per heavy atom. The van der Waals surface area contributed by atoms with Crippen LogP contribution in [0.3, 0.4) is 0 Å². The third kappa shape index (κ3) is 5.21. The maximum Gasteiger partial charge on any atom is 0.305 e. The van der Waals surface area contributed by atoms with Crippen LogP contribution >= 0.6 is 0 Å². The first-order valence-corrected chi connectivity index (χ1v) is 9.40. The second-order valence-electron chi connectivity index (χ2n) is 6.81. The number of nitrogens with zero attached hydrogens (tertiary/aromatic N) is 3. The second-order valence-corrected chi connectivity index (χ2v) is 6.81. The van der Waals surface area contributed by atoms with Crippen LogP contribution < -0.4 is 16.7 Å². The number of carbonyl (C=O) groups is 2. The standard InChI is InChI=1S/C22H21N5O4/c1-14(11-25-23)16-5-6-18-12-26-27(22(31)19(18)10-16)13-15-3-2-4-17(9-15)21(30)24-8-7-20(28)29/h2-6,9-12H,1,7-8,13,23H2,(H,24,30)(H,28,29)/b25-11-. The number of allylic oxidation sites excluding steroid dienone is 1. The van der Waals surface area contributed by atoms with Gasteiger partial charge in [-0.25, -0.2) is 4.68 Å². The van der Waals surface area contributed by atoms with Crippen molar-refractivity contribution in [2.75, 3.05) is 6.54 Å². The van der Waals surface area contributed by atoms with Crippen LogP contribution in [0.4, 0.5) is 0 Å². The highest BCUT2D eigenvalue weighted by Crippen LogP contribution is 2.17. The number of rotatable bonds is 8. The molecule has 0 fully saturated rings. The Hall–Kier alpha value is -4.27. The first-order chi connectivity index (χ1) is 14.9. The average Bonchev–Trinajstić information content (AvgIpc) is 2.75. The molecular formula is C22H21N5O4. The minimum Gasteiger partial charge on any atom is -0.481 e. The lowest BCUT2D eigenvalue weighted by molar-refractivity contribution is -0.136. The molecule has 2 aromatic carbocycles. The summed E-state index contributed by atoms with van der Waals surface area (Å²) in [6.07, 6.45) is 2.85. The smallest absolute Gasteiger partial charge is 0.305 e. The number of aliphatic carboxylic acids is 1. The van der Waals surface area contributed by atoms with E-state index < -0.39 is 5.97 Å². The summed E-state index contributed by atoms with van der Waals surface area (Å²) in [6.45, 7) is 4.08. The molecule has 0 bridgehead atoms. The Labute approximate surface area is 177 Å². The van der Waals surface area contributed by atoms with Gasteiger partial charge in [0.1, 0.15) is 0 Å². The van der Waals surface area contributed by atoms with Crippen LogP contribution in [0.1, 0.15) is 27.9 Å². The molecule has 0 atom stereocenters. The molecule has 3 aromatic rings. The van der Waals surface area contributed by atoms with Crippen molar-refractivity contribution in [3.63, 3.8) is 0 Å². The molecule has 0 radical (unpaired) electrons. The number of fused-ring (bicyclic) bond motifs is 1. The molecule has 31 heavy (non-hydrogen) atoms. The molecular weight excluding hydrogens is 398 g/mol. The molecule has 0 aliphatic heterocycles. The summed E-state index contributed by atoms with van der Waals surface area (Å²) < 4.78 is 1.31. The number of benzene rings is 2. The van der Waals surface area contributed by atoms with Gasteiger partial charge in [-0.1, -0.05) is 30.8 Å². The molecule has 1 aromatic heterocycles. The van der Waals surface area contributed by atoms with Gasteiger partial charge in [-0.05, 0) is 34.9 Å². The predicted molar refractivity (Wildman–Crippen MR) is 118 cm³/mol. The zero-order valence-corrected chi connectivity index (χ0v) is 16.6. The lowest BCUT2D eigenvalue weighted by Crippen LogP contribution is -2.26. The summed E-state index contributed by atoms with van der Waals surface area (Å²) in [5.41, 5.74) is 2.09. The molecule has 158 valence electrons. The molecule has 0 aliphatic carbocycles. The van der Waals surface area contributed by atoms with Crippen molar-refractivity contribution < 1.29 is 14.7 Å². The number of nitrogens with two attached hydrogens (primary N) is 1. The maximum absolute atomic E-state index is 13.0. The Kier molecular flexibility index (Phi) is 6.56. The van der Waals surface area contributed by atoms with Gasteiger partial charge >= 0.3 is 5.97 Å². The normalized spacial score (nSPS) is 11.0. The number of aromatic nitrogens is 2.